The van der Waals surface area contributed by atoms with Crippen LogP contribution in [0.15, 0.2) is 18.2 Å². The maximum Gasteiger partial charge on any atom is 0.141 e. The molecule has 1 aliphatic heterocycles. The Morgan fingerprint density at radius 3 is 3.00 bits per heavy atom. The number of benzene rings is 1. The van der Waals surface area contributed by atoms with Crippen LogP contribution < -0.4 is 15.4 Å². The molecule has 2 aromatic rings. The van der Waals surface area contributed by atoms with Crippen molar-refractivity contribution in [2.24, 2.45) is 0 Å². The molecule has 3 rings (SSSR count). The van der Waals surface area contributed by atoms with Gasteiger partial charge in [-0.3, -0.25) is 0 Å². The molecule has 2 unspecified atom stereocenters. The molecule has 0 amide bonds. The number of aryl methyl sites for hydroxylation is 1. The molecule has 0 bridgehead atoms. The molecule has 1 fully saturated rings. The highest BCUT2D eigenvalue weighted by molar-refractivity contribution is 7.18. The summed E-state index contributed by atoms with van der Waals surface area (Å²) in [5, 5.41) is 17.8. The summed E-state index contributed by atoms with van der Waals surface area (Å²) in [5.41, 5.74) is 0.953. The molecule has 1 aromatic heterocycles. The van der Waals surface area contributed by atoms with E-state index in [9.17, 15) is 5.11 Å². The average Bonchev–Trinajstić information content (AvgIpc) is 2.84. The first-order valence-electron chi connectivity index (χ1n) is 7.29. The van der Waals surface area contributed by atoms with Gasteiger partial charge in [-0.1, -0.05) is 0 Å². The van der Waals surface area contributed by atoms with E-state index in [0.29, 0.717) is 0 Å². The van der Waals surface area contributed by atoms with E-state index < -0.39 is 6.10 Å². The quantitative estimate of drug-likeness (QED) is 0.794. The molecule has 1 saturated heterocycles. The predicted molar refractivity (Wildman–Crippen MR) is 85.1 cm³/mol. The third-order valence-corrected chi connectivity index (χ3v) is 4.63. The van der Waals surface area contributed by atoms with Crippen molar-refractivity contribution in [1.29, 1.82) is 0 Å². The van der Waals surface area contributed by atoms with Crippen molar-refractivity contribution >= 4 is 21.6 Å². The van der Waals surface area contributed by atoms with Crippen LogP contribution in [0.1, 0.15) is 11.9 Å². The largest absolute Gasteiger partial charge is 0.486 e. The Kier molecular flexibility index (Phi) is 4.40. The Morgan fingerprint density at radius 2 is 2.29 bits per heavy atom. The molecule has 5 nitrogen and oxygen atoms in total. The zero-order valence-corrected chi connectivity index (χ0v) is 13.1. The molecule has 0 radical (unpaired) electrons. The van der Waals surface area contributed by atoms with Crippen molar-refractivity contribution in [3.8, 4) is 5.75 Å². The van der Waals surface area contributed by atoms with Gasteiger partial charge in [0, 0.05) is 25.7 Å². The van der Waals surface area contributed by atoms with Gasteiger partial charge >= 0.3 is 0 Å². The van der Waals surface area contributed by atoms with Gasteiger partial charge in [-0.15, -0.1) is 11.3 Å². The maximum absolute atomic E-state index is 10.0. The van der Waals surface area contributed by atoms with E-state index in [4.69, 9.17) is 4.74 Å². The first-order chi connectivity index (χ1) is 10.1. The Bertz CT molecular complexity index is 608. The molecule has 3 N–H and O–H groups in total. The number of thiazole rings is 1. The molecule has 2 heterocycles. The summed E-state index contributed by atoms with van der Waals surface area (Å²) in [4.78, 5) is 4.49. The maximum atomic E-state index is 10.0. The number of fused-ring (bicyclic) bond motifs is 1. The number of hydrogen-bond donors (Lipinski definition) is 3. The van der Waals surface area contributed by atoms with Gasteiger partial charge in [0.15, 0.2) is 0 Å². The summed E-state index contributed by atoms with van der Waals surface area (Å²) in [6.45, 7) is 6.41. The fourth-order valence-electron chi connectivity index (χ4n) is 2.68. The topological polar surface area (TPSA) is 66.4 Å². The number of aromatic nitrogens is 1. The summed E-state index contributed by atoms with van der Waals surface area (Å²) in [5.74, 6) is 0.756. The van der Waals surface area contributed by atoms with Gasteiger partial charge in [0.2, 0.25) is 0 Å². The molecule has 0 saturated carbocycles. The van der Waals surface area contributed by atoms with Gasteiger partial charge in [-0.2, -0.15) is 0 Å². The molecule has 1 aliphatic rings. The van der Waals surface area contributed by atoms with Crippen LogP contribution in [0.4, 0.5) is 0 Å². The number of ether oxygens (including phenoxy) is 1. The van der Waals surface area contributed by atoms with Gasteiger partial charge in [-0.05, 0) is 26.0 Å². The Hall–Kier alpha value is -1.21. The molecule has 0 spiro atoms. The lowest BCUT2D eigenvalue weighted by atomic mass is 10.0. The van der Waals surface area contributed by atoms with Crippen LogP contribution in [0.2, 0.25) is 0 Å². The van der Waals surface area contributed by atoms with Crippen LogP contribution in [0.5, 0.6) is 5.75 Å². The minimum absolute atomic E-state index is 0.103. The van der Waals surface area contributed by atoms with E-state index in [-0.39, 0.29) is 12.1 Å². The van der Waals surface area contributed by atoms with E-state index in [1.165, 1.54) is 0 Å². The summed E-state index contributed by atoms with van der Waals surface area (Å²) in [7, 11) is 0. The van der Waals surface area contributed by atoms with Crippen molar-refractivity contribution < 1.29 is 9.84 Å². The zero-order valence-electron chi connectivity index (χ0n) is 12.3. The van der Waals surface area contributed by atoms with E-state index in [0.717, 1.165) is 40.6 Å². The number of nitrogens with zero attached hydrogens (tertiary/aromatic N) is 1. The summed E-state index contributed by atoms with van der Waals surface area (Å²) in [6, 6.07) is 6.03. The SMILES string of the molecule is Cc1nc2cc(OC(C3CNCCN3)[C@H](C)O)ccc2s1. The monoisotopic (exact) mass is 307 g/mol. The molecule has 0 aliphatic carbocycles. The highest BCUT2D eigenvalue weighted by atomic mass is 32.1. The Labute approximate surface area is 128 Å². The van der Waals surface area contributed by atoms with Crippen LogP contribution in [-0.4, -0.2) is 48.0 Å². The van der Waals surface area contributed by atoms with E-state index in [2.05, 4.69) is 15.6 Å². The lowest BCUT2D eigenvalue weighted by Gasteiger charge is -2.33. The molecular formula is C15H21N3O2S. The van der Waals surface area contributed by atoms with Gasteiger partial charge in [0.05, 0.1) is 27.4 Å². The summed E-state index contributed by atoms with van der Waals surface area (Å²) < 4.78 is 7.20. The standard InChI is InChI=1S/C15H21N3O2S/c1-9(19)15(13-8-16-5-6-17-13)20-11-3-4-14-12(7-11)18-10(2)21-14/h3-4,7,9,13,15-17,19H,5-6,8H2,1-2H3/t9-,13?,15?/m0/s1. The van der Waals surface area contributed by atoms with Crippen molar-refractivity contribution in [2.75, 3.05) is 19.6 Å². The third kappa shape index (κ3) is 3.35. The van der Waals surface area contributed by atoms with Gasteiger partial charge in [0.1, 0.15) is 11.9 Å². The second-order valence-corrected chi connectivity index (χ2v) is 6.68. The molecular weight excluding hydrogens is 286 g/mol. The Morgan fingerprint density at radius 1 is 1.43 bits per heavy atom. The van der Waals surface area contributed by atoms with Crippen molar-refractivity contribution in [2.45, 2.75) is 32.1 Å². The summed E-state index contributed by atoms with van der Waals surface area (Å²) in [6.07, 6.45) is -0.828. The molecule has 6 heteroatoms. The minimum Gasteiger partial charge on any atom is -0.486 e. The van der Waals surface area contributed by atoms with Crippen molar-refractivity contribution in [3.63, 3.8) is 0 Å². The highest BCUT2D eigenvalue weighted by Gasteiger charge is 2.29. The summed E-state index contributed by atoms with van der Waals surface area (Å²) >= 11 is 1.68. The van der Waals surface area contributed by atoms with E-state index in [1.54, 1.807) is 18.3 Å². The van der Waals surface area contributed by atoms with Crippen LogP contribution >= 0.6 is 11.3 Å². The lowest BCUT2D eigenvalue weighted by Crippen LogP contribution is -2.58. The fourth-order valence-corrected chi connectivity index (χ4v) is 3.49. The molecule has 114 valence electrons. The zero-order chi connectivity index (χ0) is 14.8. The first kappa shape index (κ1) is 14.7. The number of rotatable bonds is 4. The van der Waals surface area contributed by atoms with Crippen LogP contribution in [-0.2, 0) is 0 Å². The van der Waals surface area contributed by atoms with Crippen molar-refractivity contribution in [1.82, 2.24) is 15.6 Å². The van der Waals surface area contributed by atoms with Crippen LogP contribution in [0.25, 0.3) is 10.2 Å². The number of aliphatic hydroxyl groups excluding tert-OH is 1. The van der Waals surface area contributed by atoms with Gasteiger partial charge in [0.25, 0.3) is 0 Å². The lowest BCUT2D eigenvalue weighted by molar-refractivity contribution is 0.0210. The second kappa shape index (κ2) is 6.27. The second-order valence-electron chi connectivity index (χ2n) is 5.45. The Balaban J connectivity index is 1.79. The van der Waals surface area contributed by atoms with Gasteiger partial charge < -0.3 is 20.5 Å². The normalized spacial score (nSPS) is 22.1. The number of nitrogens with one attached hydrogen (secondary N) is 2. The van der Waals surface area contributed by atoms with Gasteiger partial charge in [-0.25, -0.2) is 4.98 Å². The van der Waals surface area contributed by atoms with Crippen molar-refractivity contribution in [3.05, 3.63) is 23.2 Å². The van der Waals surface area contributed by atoms with Crippen LogP contribution in [0, 0.1) is 6.92 Å². The molecule has 21 heavy (non-hydrogen) atoms. The number of aliphatic hydroxyl groups is 1. The minimum atomic E-state index is -0.546. The smallest absolute Gasteiger partial charge is 0.141 e. The van der Waals surface area contributed by atoms with E-state index in [1.807, 2.05) is 25.1 Å². The van der Waals surface area contributed by atoms with Crippen LogP contribution in [0.3, 0.4) is 0 Å². The molecule has 1 aromatic carbocycles. The predicted octanol–water partition coefficient (Wildman–Crippen LogP) is 1.29. The number of hydrogen-bond acceptors (Lipinski definition) is 6. The first-order valence-corrected chi connectivity index (χ1v) is 8.11. The average molecular weight is 307 g/mol. The number of piperazine rings is 1. The van der Waals surface area contributed by atoms with E-state index >= 15 is 0 Å². The molecule has 3 atom stereocenters. The fraction of sp³-hybridized carbons (Fsp3) is 0.533. The third-order valence-electron chi connectivity index (χ3n) is 3.68. The highest BCUT2D eigenvalue weighted by Crippen LogP contribution is 2.26.